The monoisotopic (exact) mass is 696 g/mol. The molecule has 2 aromatic carbocycles. The van der Waals surface area contributed by atoms with E-state index < -0.39 is 80.8 Å². The molecule has 0 fully saturated rings. The number of rotatable bonds is 13. The molecule has 2 rings (SSSR count). The molecule has 0 heterocycles. The van der Waals surface area contributed by atoms with E-state index in [2.05, 4.69) is 0 Å². The van der Waals surface area contributed by atoms with Crippen molar-refractivity contribution in [1.82, 2.24) is 0 Å². The molecular formula is C28H28F16N2. The number of hydrogen-bond acceptors (Lipinski definition) is 2. The number of alkyl halides is 16. The fourth-order valence-electron chi connectivity index (χ4n) is 4.60. The Morgan fingerprint density at radius 2 is 0.674 bits per heavy atom. The number of anilines is 2. The summed E-state index contributed by atoms with van der Waals surface area (Å²) in [6.07, 6.45) is -0.371. The average Bonchev–Trinajstić information content (AvgIpc) is 2.92. The molecule has 18 heteroatoms. The topological polar surface area (TPSA) is 52.0 Å². The van der Waals surface area contributed by atoms with Crippen LogP contribution < -0.4 is 11.5 Å². The molecule has 0 aliphatic heterocycles. The molecule has 2 aromatic rings. The van der Waals surface area contributed by atoms with Crippen LogP contribution in [0.15, 0.2) is 24.3 Å². The van der Waals surface area contributed by atoms with Crippen molar-refractivity contribution >= 4 is 11.4 Å². The van der Waals surface area contributed by atoms with Crippen molar-refractivity contribution in [3.63, 3.8) is 0 Å². The van der Waals surface area contributed by atoms with Gasteiger partial charge < -0.3 is 11.5 Å². The SMILES string of the molecule is CCCc1cc(C(F)(F)C(F)(F)C(F)(F)C(F)(F)C(F)(F)C(F)(F)C(F)(F)C(F)(F)c2cc(C)c(N)c(CCC)c2)cc(C)c1N. The summed E-state index contributed by atoms with van der Waals surface area (Å²) >= 11 is 0. The average molecular weight is 697 g/mol. The van der Waals surface area contributed by atoms with Gasteiger partial charge in [-0.2, -0.15) is 70.2 Å². The zero-order valence-electron chi connectivity index (χ0n) is 24.3. The maximum Gasteiger partial charge on any atom is 0.385 e. The van der Waals surface area contributed by atoms with Crippen LogP contribution in [-0.4, -0.2) is 35.5 Å². The van der Waals surface area contributed by atoms with Gasteiger partial charge in [-0.1, -0.05) is 26.7 Å². The molecule has 0 saturated heterocycles. The molecule has 0 amide bonds. The van der Waals surface area contributed by atoms with Gasteiger partial charge in [0.1, 0.15) is 0 Å². The van der Waals surface area contributed by atoms with Gasteiger partial charge in [0.15, 0.2) is 0 Å². The first-order valence-corrected chi connectivity index (χ1v) is 13.3. The first-order valence-electron chi connectivity index (χ1n) is 13.3. The van der Waals surface area contributed by atoms with Gasteiger partial charge >= 0.3 is 47.4 Å². The van der Waals surface area contributed by atoms with Crippen LogP contribution in [0.5, 0.6) is 0 Å². The van der Waals surface area contributed by atoms with E-state index in [4.69, 9.17) is 11.5 Å². The number of hydrogen-bond donors (Lipinski definition) is 2. The molecule has 0 unspecified atom stereocenters. The Bertz CT molecular complexity index is 1330. The maximum absolute atomic E-state index is 14.9. The van der Waals surface area contributed by atoms with Crippen LogP contribution >= 0.6 is 0 Å². The molecule has 0 saturated carbocycles. The van der Waals surface area contributed by atoms with Gasteiger partial charge in [0.2, 0.25) is 0 Å². The number of nitrogens with two attached hydrogens (primary N) is 2. The maximum atomic E-state index is 14.9. The van der Waals surface area contributed by atoms with E-state index >= 15 is 0 Å². The number of nitrogen functional groups attached to an aromatic ring is 2. The molecule has 0 aliphatic rings. The van der Waals surface area contributed by atoms with E-state index in [0.717, 1.165) is 13.8 Å². The minimum Gasteiger partial charge on any atom is -0.398 e. The summed E-state index contributed by atoms with van der Waals surface area (Å²) in [5.41, 5.74) is 4.33. The Morgan fingerprint density at radius 1 is 0.435 bits per heavy atom. The molecule has 0 atom stereocenters. The van der Waals surface area contributed by atoms with Gasteiger partial charge in [0, 0.05) is 22.5 Å². The lowest BCUT2D eigenvalue weighted by molar-refractivity contribution is -0.456. The first kappa shape index (κ1) is 39.1. The Morgan fingerprint density at radius 3 is 0.913 bits per heavy atom. The van der Waals surface area contributed by atoms with E-state index in [-0.39, 0.29) is 61.3 Å². The van der Waals surface area contributed by atoms with Crippen molar-refractivity contribution in [2.75, 3.05) is 11.5 Å². The zero-order chi connectivity index (χ0) is 36.3. The summed E-state index contributed by atoms with van der Waals surface area (Å²) in [5.74, 6) is -62.2. The van der Waals surface area contributed by atoms with Gasteiger partial charge in [0.05, 0.1) is 0 Å². The second-order valence-electron chi connectivity index (χ2n) is 10.8. The normalized spacial score (nSPS) is 14.6. The van der Waals surface area contributed by atoms with Crippen LogP contribution in [0.1, 0.15) is 60.1 Å². The molecule has 0 spiro atoms. The van der Waals surface area contributed by atoms with E-state index in [1.165, 1.54) is 13.8 Å². The lowest BCUT2D eigenvalue weighted by Crippen LogP contribution is -2.74. The van der Waals surface area contributed by atoms with Crippen molar-refractivity contribution in [3.8, 4) is 0 Å². The van der Waals surface area contributed by atoms with Gasteiger partial charge in [-0.05, 0) is 73.2 Å². The van der Waals surface area contributed by atoms with E-state index in [0.29, 0.717) is 0 Å². The first-order chi connectivity index (χ1) is 20.5. The molecule has 0 aromatic heterocycles. The van der Waals surface area contributed by atoms with Crippen LogP contribution in [0.25, 0.3) is 0 Å². The molecule has 0 radical (unpaired) electrons. The zero-order valence-corrected chi connectivity index (χ0v) is 24.3. The summed E-state index contributed by atoms with van der Waals surface area (Å²) in [5, 5.41) is 0. The summed E-state index contributed by atoms with van der Waals surface area (Å²) in [6, 6.07) is 0.104. The van der Waals surface area contributed by atoms with Crippen molar-refractivity contribution in [2.24, 2.45) is 0 Å². The van der Waals surface area contributed by atoms with Crippen LogP contribution in [0.2, 0.25) is 0 Å². The predicted molar refractivity (Wildman–Crippen MR) is 137 cm³/mol. The Balaban J connectivity index is 2.74. The van der Waals surface area contributed by atoms with E-state index in [9.17, 15) is 70.2 Å². The third kappa shape index (κ3) is 5.40. The van der Waals surface area contributed by atoms with Crippen molar-refractivity contribution < 1.29 is 70.2 Å². The third-order valence-corrected chi connectivity index (χ3v) is 7.47. The fraction of sp³-hybridized carbons (Fsp3) is 0.571. The minimum absolute atomic E-state index is 0.000517. The van der Waals surface area contributed by atoms with E-state index in [1.54, 1.807) is 0 Å². The lowest BCUT2D eigenvalue weighted by Gasteiger charge is -2.44. The Hall–Kier alpha value is -3.08. The third-order valence-electron chi connectivity index (χ3n) is 7.47. The number of benzene rings is 2. The summed E-state index contributed by atoms with van der Waals surface area (Å²) < 4.78 is 235. The highest BCUT2D eigenvalue weighted by Gasteiger charge is 2.95. The second kappa shape index (κ2) is 11.9. The van der Waals surface area contributed by atoms with Crippen LogP contribution in [-0.2, 0) is 24.7 Å². The van der Waals surface area contributed by atoms with E-state index in [1.807, 2.05) is 0 Å². The van der Waals surface area contributed by atoms with Gasteiger partial charge in [-0.25, -0.2) is 0 Å². The number of halogens is 16. The molecule has 0 aliphatic carbocycles. The molecule has 0 bridgehead atoms. The van der Waals surface area contributed by atoms with Gasteiger partial charge in [-0.15, -0.1) is 0 Å². The molecule has 4 N–H and O–H groups in total. The summed E-state index contributed by atoms with van der Waals surface area (Å²) in [6.45, 7) is 4.62. The molecular weight excluding hydrogens is 668 g/mol. The highest BCUT2D eigenvalue weighted by molar-refractivity contribution is 5.57. The largest absolute Gasteiger partial charge is 0.398 e. The smallest absolute Gasteiger partial charge is 0.385 e. The van der Waals surface area contributed by atoms with Crippen LogP contribution in [0, 0.1) is 13.8 Å². The fourth-order valence-corrected chi connectivity index (χ4v) is 4.60. The standard InChI is InChI=1S/C28H28F16N2/c1-5-7-15-11-17(9-13(3)19(15)45)21(29,30)23(33,34)25(37,38)27(41,42)28(43,44)26(39,40)24(35,36)22(31,32)18-10-14(4)20(46)16(12-18)8-6-2/h9-12H,5-8,45-46H2,1-4H3. The van der Waals surface area contributed by atoms with Crippen LogP contribution in [0.3, 0.4) is 0 Å². The van der Waals surface area contributed by atoms with Crippen LogP contribution in [0.4, 0.5) is 81.6 Å². The van der Waals surface area contributed by atoms with Gasteiger partial charge in [0.25, 0.3) is 0 Å². The minimum atomic E-state index is -8.52. The second-order valence-corrected chi connectivity index (χ2v) is 10.8. The molecule has 46 heavy (non-hydrogen) atoms. The quantitative estimate of drug-likeness (QED) is 0.162. The summed E-state index contributed by atoms with van der Waals surface area (Å²) in [7, 11) is 0. The highest BCUT2D eigenvalue weighted by Crippen LogP contribution is 2.66. The van der Waals surface area contributed by atoms with Crippen molar-refractivity contribution in [1.29, 1.82) is 0 Å². The number of aryl methyl sites for hydroxylation is 4. The summed E-state index contributed by atoms with van der Waals surface area (Å²) in [4.78, 5) is 0. The highest BCUT2D eigenvalue weighted by atomic mass is 19.4. The van der Waals surface area contributed by atoms with Crippen molar-refractivity contribution in [2.45, 2.75) is 101 Å². The Kier molecular flexibility index (Phi) is 10.1. The molecule has 262 valence electrons. The van der Waals surface area contributed by atoms with Gasteiger partial charge in [-0.3, -0.25) is 0 Å². The molecule has 2 nitrogen and oxygen atoms in total. The Labute approximate surface area is 252 Å². The lowest BCUT2D eigenvalue weighted by atomic mass is 9.84. The predicted octanol–water partition coefficient (Wildman–Crippen LogP) is 10.1. The van der Waals surface area contributed by atoms with Crippen molar-refractivity contribution in [3.05, 3.63) is 57.6 Å².